The third-order valence-corrected chi connectivity index (χ3v) is 3.79. The van der Waals surface area contributed by atoms with Crippen LogP contribution in [0.5, 0.6) is 6.01 Å². The zero-order chi connectivity index (χ0) is 14.5. The van der Waals surface area contributed by atoms with Gasteiger partial charge in [-0.1, -0.05) is 25.4 Å². The molecular formula is C14H23ClN4O. The fourth-order valence-corrected chi connectivity index (χ4v) is 2.70. The molecule has 1 saturated heterocycles. The Morgan fingerprint density at radius 1 is 1.55 bits per heavy atom. The molecule has 0 aromatic carbocycles. The predicted octanol–water partition coefficient (Wildman–Crippen LogP) is 2.35. The first-order valence-corrected chi connectivity index (χ1v) is 7.52. The van der Waals surface area contributed by atoms with Gasteiger partial charge in [0.15, 0.2) is 5.82 Å². The molecule has 0 amide bonds. The second-order valence-corrected chi connectivity index (χ2v) is 5.95. The number of anilines is 1. The Balaban J connectivity index is 2.04. The summed E-state index contributed by atoms with van der Waals surface area (Å²) in [4.78, 5) is 10.6. The Labute approximate surface area is 125 Å². The number of halogens is 1. The fraction of sp³-hybridized carbons (Fsp3) is 0.714. The number of rotatable bonds is 5. The summed E-state index contributed by atoms with van der Waals surface area (Å²) in [6.45, 7) is 7.34. The van der Waals surface area contributed by atoms with Gasteiger partial charge in [-0.15, -0.1) is 0 Å². The summed E-state index contributed by atoms with van der Waals surface area (Å²) in [5, 5.41) is 4.09. The van der Waals surface area contributed by atoms with Crippen molar-refractivity contribution in [2.24, 2.45) is 5.92 Å². The highest BCUT2D eigenvalue weighted by Crippen LogP contribution is 2.28. The molecule has 6 heteroatoms. The van der Waals surface area contributed by atoms with Crippen LogP contribution in [-0.2, 0) is 0 Å². The van der Waals surface area contributed by atoms with Gasteiger partial charge in [0.05, 0.1) is 13.3 Å². The van der Waals surface area contributed by atoms with Crippen LogP contribution in [0.2, 0.25) is 5.02 Å². The maximum atomic E-state index is 6.22. The van der Waals surface area contributed by atoms with Crippen molar-refractivity contribution in [1.29, 1.82) is 0 Å². The smallest absolute Gasteiger partial charge is 0.318 e. The molecule has 0 spiro atoms. The molecule has 1 N–H and O–H groups in total. The van der Waals surface area contributed by atoms with Gasteiger partial charge in [-0.3, -0.25) is 0 Å². The van der Waals surface area contributed by atoms with Crippen molar-refractivity contribution >= 4 is 17.4 Å². The number of nitrogens with zero attached hydrogens (tertiary/aromatic N) is 3. The van der Waals surface area contributed by atoms with E-state index in [4.69, 9.17) is 16.3 Å². The first-order chi connectivity index (χ1) is 9.60. The lowest BCUT2D eigenvalue weighted by molar-refractivity contribution is 0.368. The van der Waals surface area contributed by atoms with Gasteiger partial charge in [0.1, 0.15) is 5.02 Å². The third kappa shape index (κ3) is 3.96. The molecule has 2 heterocycles. The van der Waals surface area contributed by atoms with Crippen LogP contribution in [0, 0.1) is 5.92 Å². The van der Waals surface area contributed by atoms with E-state index in [2.05, 4.69) is 34.0 Å². The molecule has 1 fully saturated rings. The van der Waals surface area contributed by atoms with E-state index in [1.165, 1.54) is 6.42 Å². The fourth-order valence-electron chi connectivity index (χ4n) is 2.49. The van der Waals surface area contributed by atoms with Gasteiger partial charge < -0.3 is 15.0 Å². The molecule has 112 valence electrons. The van der Waals surface area contributed by atoms with Gasteiger partial charge >= 0.3 is 6.01 Å². The van der Waals surface area contributed by atoms with E-state index in [-0.39, 0.29) is 0 Å². The van der Waals surface area contributed by atoms with Crippen molar-refractivity contribution in [1.82, 2.24) is 15.3 Å². The number of ether oxygens (including phenoxy) is 1. The zero-order valence-corrected chi connectivity index (χ0v) is 13.2. The van der Waals surface area contributed by atoms with Crippen LogP contribution < -0.4 is 15.0 Å². The Hall–Kier alpha value is -1.07. The van der Waals surface area contributed by atoms with Crippen LogP contribution in [0.25, 0.3) is 0 Å². The molecule has 1 unspecified atom stereocenters. The summed E-state index contributed by atoms with van der Waals surface area (Å²) < 4.78 is 5.09. The van der Waals surface area contributed by atoms with E-state index >= 15 is 0 Å². The summed E-state index contributed by atoms with van der Waals surface area (Å²) in [6, 6.07) is 0.889. The lowest BCUT2D eigenvalue weighted by atomic mass is 9.98. The summed E-state index contributed by atoms with van der Waals surface area (Å²) >= 11 is 6.22. The van der Waals surface area contributed by atoms with Gasteiger partial charge in [-0.25, -0.2) is 4.98 Å². The Morgan fingerprint density at radius 2 is 2.35 bits per heavy atom. The largest absolute Gasteiger partial charge is 0.467 e. The highest BCUT2D eigenvalue weighted by Gasteiger charge is 2.23. The van der Waals surface area contributed by atoms with Crippen LogP contribution in [-0.4, -0.2) is 42.8 Å². The van der Waals surface area contributed by atoms with Crippen molar-refractivity contribution in [2.45, 2.75) is 32.7 Å². The molecular weight excluding hydrogens is 276 g/mol. The van der Waals surface area contributed by atoms with Gasteiger partial charge in [-0.2, -0.15) is 4.98 Å². The Kier molecular flexibility index (Phi) is 5.43. The number of hydrogen-bond acceptors (Lipinski definition) is 5. The second kappa shape index (κ2) is 7.09. The Morgan fingerprint density at radius 3 is 3.05 bits per heavy atom. The number of piperidine rings is 1. The van der Waals surface area contributed by atoms with Crippen molar-refractivity contribution in [2.75, 3.05) is 31.6 Å². The van der Waals surface area contributed by atoms with Crippen LogP contribution in [0.3, 0.4) is 0 Å². The van der Waals surface area contributed by atoms with Crippen molar-refractivity contribution in [3.05, 3.63) is 11.2 Å². The standard InChI is InChI=1S/C14H23ClN4O/c1-10(2)16-7-11-5-4-6-19(9-11)13-12(15)8-17-14(18-13)20-3/h8,10-11,16H,4-7,9H2,1-3H3. The summed E-state index contributed by atoms with van der Waals surface area (Å²) in [7, 11) is 1.57. The first-order valence-electron chi connectivity index (χ1n) is 7.15. The number of aromatic nitrogens is 2. The molecule has 0 bridgehead atoms. The molecule has 1 aromatic heterocycles. The first kappa shape index (κ1) is 15.3. The third-order valence-electron chi connectivity index (χ3n) is 3.52. The number of hydrogen-bond donors (Lipinski definition) is 1. The highest BCUT2D eigenvalue weighted by molar-refractivity contribution is 6.32. The number of methoxy groups -OCH3 is 1. The number of nitrogens with one attached hydrogen (secondary N) is 1. The van der Waals surface area contributed by atoms with E-state index in [9.17, 15) is 0 Å². The van der Waals surface area contributed by atoms with Crippen LogP contribution in [0.15, 0.2) is 6.20 Å². The molecule has 0 saturated carbocycles. The highest BCUT2D eigenvalue weighted by atomic mass is 35.5. The van der Waals surface area contributed by atoms with Gasteiger partial charge in [0.25, 0.3) is 0 Å². The van der Waals surface area contributed by atoms with Crippen LogP contribution in [0.1, 0.15) is 26.7 Å². The lowest BCUT2D eigenvalue weighted by Gasteiger charge is -2.34. The summed E-state index contributed by atoms with van der Waals surface area (Å²) in [5.74, 6) is 1.41. The molecule has 1 atom stereocenters. The van der Waals surface area contributed by atoms with E-state index in [1.807, 2.05) is 0 Å². The molecule has 1 aliphatic heterocycles. The van der Waals surface area contributed by atoms with Crippen molar-refractivity contribution in [3.8, 4) is 6.01 Å². The summed E-state index contributed by atoms with van der Waals surface area (Å²) in [5.41, 5.74) is 0. The minimum Gasteiger partial charge on any atom is -0.467 e. The maximum absolute atomic E-state index is 6.22. The quantitative estimate of drug-likeness (QED) is 0.904. The minimum absolute atomic E-state index is 0.367. The molecule has 20 heavy (non-hydrogen) atoms. The van der Waals surface area contributed by atoms with E-state index in [1.54, 1.807) is 13.3 Å². The Bertz CT molecular complexity index is 441. The molecule has 2 rings (SSSR count). The zero-order valence-electron chi connectivity index (χ0n) is 12.4. The van der Waals surface area contributed by atoms with E-state index in [0.717, 1.165) is 31.9 Å². The average molecular weight is 299 g/mol. The van der Waals surface area contributed by atoms with Gasteiger partial charge in [0, 0.05) is 19.1 Å². The minimum atomic E-state index is 0.367. The predicted molar refractivity (Wildman–Crippen MR) is 81.7 cm³/mol. The van der Waals surface area contributed by atoms with Crippen LogP contribution >= 0.6 is 11.6 Å². The maximum Gasteiger partial charge on any atom is 0.318 e. The molecule has 1 aliphatic rings. The monoisotopic (exact) mass is 298 g/mol. The van der Waals surface area contributed by atoms with E-state index < -0.39 is 0 Å². The second-order valence-electron chi connectivity index (χ2n) is 5.55. The van der Waals surface area contributed by atoms with Crippen LogP contribution in [0.4, 0.5) is 5.82 Å². The lowest BCUT2D eigenvalue weighted by Crippen LogP contribution is -2.41. The topological polar surface area (TPSA) is 50.3 Å². The summed E-state index contributed by atoms with van der Waals surface area (Å²) in [6.07, 6.45) is 4.02. The average Bonchev–Trinajstić information content (AvgIpc) is 2.46. The van der Waals surface area contributed by atoms with Gasteiger partial charge in [-0.05, 0) is 25.3 Å². The van der Waals surface area contributed by atoms with Crippen molar-refractivity contribution < 1.29 is 4.74 Å². The van der Waals surface area contributed by atoms with E-state index in [0.29, 0.717) is 23.0 Å². The van der Waals surface area contributed by atoms with Gasteiger partial charge in [0.2, 0.25) is 0 Å². The molecule has 1 aromatic rings. The van der Waals surface area contributed by atoms with Crippen molar-refractivity contribution in [3.63, 3.8) is 0 Å². The SMILES string of the molecule is COc1ncc(Cl)c(N2CCCC(CNC(C)C)C2)n1. The molecule has 0 radical (unpaired) electrons. The normalized spacial score (nSPS) is 19.4. The molecule has 5 nitrogen and oxygen atoms in total. The molecule has 0 aliphatic carbocycles.